The van der Waals surface area contributed by atoms with Gasteiger partial charge in [0.25, 0.3) is 11.1 Å². The zero-order valence-corrected chi connectivity index (χ0v) is 21.8. The third-order valence-electron chi connectivity index (χ3n) is 4.71. The van der Waals surface area contributed by atoms with Crippen LogP contribution in [-0.4, -0.2) is 62.6 Å². The van der Waals surface area contributed by atoms with Gasteiger partial charge in [-0.25, -0.2) is 4.79 Å². The fourth-order valence-corrected chi connectivity index (χ4v) is 4.53. The first-order valence-electron chi connectivity index (χ1n) is 10.5. The zero-order valence-electron chi connectivity index (χ0n) is 19.4. The Morgan fingerprint density at radius 3 is 2.49 bits per heavy atom. The van der Waals surface area contributed by atoms with Crippen molar-refractivity contribution in [2.75, 3.05) is 40.6 Å². The topological polar surface area (TPSA) is 101 Å². The number of methoxy groups -OCH3 is 2. The number of ether oxygens (including phenoxy) is 5. The number of para-hydroxylation sites is 2. The van der Waals surface area contributed by atoms with Crippen LogP contribution in [0.1, 0.15) is 12.5 Å². The van der Waals surface area contributed by atoms with E-state index < -0.39 is 11.9 Å². The number of halogens is 1. The first-order valence-corrected chi connectivity index (χ1v) is 12.2. The van der Waals surface area contributed by atoms with Crippen molar-refractivity contribution < 1.29 is 38.1 Å². The molecule has 35 heavy (non-hydrogen) atoms. The maximum absolute atomic E-state index is 12.9. The summed E-state index contributed by atoms with van der Waals surface area (Å²) < 4.78 is 27.2. The summed E-state index contributed by atoms with van der Waals surface area (Å²) in [6.45, 7) is 2.09. The lowest BCUT2D eigenvalue weighted by Gasteiger charge is -2.15. The van der Waals surface area contributed by atoms with E-state index in [4.69, 9.17) is 18.9 Å². The predicted molar refractivity (Wildman–Crippen MR) is 134 cm³/mol. The molecule has 0 atom stereocenters. The molecular weight excluding hydrogens is 542 g/mol. The Hall–Kier alpha value is -3.18. The van der Waals surface area contributed by atoms with Crippen LogP contribution in [0.2, 0.25) is 0 Å². The van der Waals surface area contributed by atoms with Gasteiger partial charge in [-0.05, 0) is 70.5 Å². The lowest BCUT2D eigenvalue weighted by Crippen LogP contribution is -2.32. The van der Waals surface area contributed by atoms with Gasteiger partial charge in [-0.1, -0.05) is 12.1 Å². The summed E-state index contributed by atoms with van der Waals surface area (Å²) in [4.78, 5) is 38.2. The van der Waals surface area contributed by atoms with Crippen molar-refractivity contribution in [3.63, 3.8) is 0 Å². The number of hydrogen-bond donors (Lipinski definition) is 0. The van der Waals surface area contributed by atoms with Gasteiger partial charge in [0.1, 0.15) is 6.61 Å². The van der Waals surface area contributed by atoms with Crippen molar-refractivity contribution >= 4 is 50.9 Å². The molecule has 0 aromatic heterocycles. The Morgan fingerprint density at radius 2 is 1.80 bits per heavy atom. The summed E-state index contributed by atoms with van der Waals surface area (Å²) in [5, 5.41) is -0.382. The van der Waals surface area contributed by atoms with Crippen molar-refractivity contribution in [1.29, 1.82) is 0 Å². The molecule has 186 valence electrons. The molecule has 0 N–H and O–H groups in total. The van der Waals surface area contributed by atoms with E-state index in [-0.39, 0.29) is 29.9 Å². The molecule has 1 aliphatic rings. The van der Waals surface area contributed by atoms with E-state index in [1.165, 1.54) is 14.2 Å². The number of benzene rings is 2. The minimum absolute atomic E-state index is 0.0915. The summed E-state index contributed by atoms with van der Waals surface area (Å²) in [6, 6.07) is 10.5. The average molecular weight is 566 g/mol. The van der Waals surface area contributed by atoms with Crippen LogP contribution in [0.4, 0.5) is 4.79 Å². The highest BCUT2D eigenvalue weighted by molar-refractivity contribution is 9.10. The molecule has 11 heteroatoms. The van der Waals surface area contributed by atoms with E-state index in [0.717, 1.165) is 16.7 Å². The van der Waals surface area contributed by atoms with E-state index in [1.807, 2.05) is 13.0 Å². The van der Waals surface area contributed by atoms with Crippen LogP contribution in [0.25, 0.3) is 6.08 Å². The number of amides is 2. The third-order valence-corrected chi connectivity index (χ3v) is 6.20. The molecule has 0 radical (unpaired) electrons. The summed E-state index contributed by atoms with van der Waals surface area (Å²) in [7, 11) is 2.81. The second kappa shape index (κ2) is 12.5. The number of nitrogens with zero attached hydrogens (tertiary/aromatic N) is 1. The highest BCUT2D eigenvalue weighted by atomic mass is 79.9. The second-order valence-electron chi connectivity index (χ2n) is 6.96. The summed E-state index contributed by atoms with van der Waals surface area (Å²) in [5.74, 6) is 0.851. The fraction of sp³-hybridized carbons (Fsp3) is 0.292. The summed E-state index contributed by atoms with van der Waals surface area (Å²) >= 11 is 4.26. The van der Waals surface area contributed by atoms with E-state index in [9.17, 15) is 14.4 Å². The molecule has 0 aliphatic carbocycles. The van der Waals surface area contributed by atoms with Gasteiger partial charge in [0.05, 0.1) is 36.7 Å². The molecule has 0 spiro atoms. The molecule has 2 aromatic rings. The first kappa shape index (κ1) is 26.4. The molecule has 1 aliphatic heterocycles. The largest absolute Gasteiger partial charge is 0.493 e. The van der Waals surface area contributed by atoms with Crippen molar-refractivity contribution in [2.45, 2.75) is 6.92 Å². The van der Waals surface area contributed by atoms with E-state index in [0.29, 0.717) is 39.6 Å². The molecular formula is C24H24BrNO8S. The van der Waals surface area contributed by atoms with Gasteiger partial charge in [0, 0.05) is 0 Å². The highest BCUT2D eigenvalue weighted by Gasteiger charge is 2.35. The SMILES string of the molecule is CCOc1cc(/C=C2\SC(=O)N(CCOc3ccccc3OC)C2=O)cc(Br)c1OCC(=O)OC. The maximum Gasteiger partial charge on any atom is 0.343 e. The van der Waals surface area contributed by atoms with Crippen LogP contribution < -0.4 is 18.9 Å². The lowest BCUT2D eigenvalue weighted by molar-refractivity contribution is -0.143. The van der Waals surface area contributed by atoms with Gasteiger partial charge in [0.15, 0.2) is 29.6 Å². The predicted octanol–water partition coefficient (Wildman–Crippen LogP) is 4.52. The van der Waals surface area contributed by atoms with Crippen LogP contribution in [0.15, 0.2) is 45.8 Å². The number of imide groups is 1. The number of esters is 1. The average Bonchev–Trinajstić information content (AvgIpc) is 3.11. The number of thioether (sulfide) groups is 1. The maximum atomic E-state index is 12.9. The number of hydrogen-bond acceptors (Lipinski definition) is 9. The Bertz CT molecular complexity index is 1140. The molecule has 2 amide bonds. The monoisotopic (exact) mass is 565 g/mol. The lowest BCUT2D eigenvalue weighted by atomic mass is 10.2. The Kier molecular flexibility index (Phi) is 9.44. The molecule has 0 unspecified atom stereocenters. The standard InChI is InChI=1S/C24H24BrNO8S/c1-4-32-19-12-15(11-16(25)22(19)34-14-21(27)31-3)13-20-23(28)26(24(29)35-20)9-10-33-18-8-6-5-7-17(18)30-2/h5-8,11-13H,4,9-10,14H2,1-3H3/b20-13-. The molecule has 2 aromatic carbocycles. The van der Waals surface area contributed by atoms with Crippen LogP contribution in [-0.2, 0) is 14.3 Å². The van der Waals surface area contributed by atoms with Gasteiger partial charge >= 0.3 is 5.97 Å². The van der Waals surface area contributed by atoms with Crippen molar-refractivity contribution in [1.82, 2.24) is 4.90 Å². The Balaban J connectivity index is 1.72. The third kappa shape index (κ3) is 6.70. The number of rotatable bonds is 11. The zero-order chi connectivity index (χ0) is 25.4. The molecule has 1 saturated heterocycles. The summed E-state index contributed by atoms with van der Waals surface area (Å²) in [5.41, 5.74) is 0.613. The second-order valence-corrected chi connectivity index (χ2v) is 8.81. The van der Waals surface area contributed by atoms with Gasteiger partial charge in [-0.2, -0.15) is 0 Å². The molecule has 1 heterocycles. The van der Waals surface area contributed by atoms with Crippen LogP contribution in [0.5, 0.6) is 23.0 Å². The van der Waals surface area contributed by atoms with E-state index in [2.05, 4.69) is 20.7 Å². The molecule has 3 rings (SSSR count). The molecule has 9 nitrogen and oxygen atoms in total. The van der Waals surface area contributed by atoms with Crippen LogP contribution in [0.3, 0.4) is 0 Å². The normalized spacial score (nSPS) is 14.3. The van der Waals surface area contributed by atoms with Gasteiger partial charge < -0.3 is 23.7 Å². The number of carbonyl (C=O) groups excluding carboxylic acids is 3. The van der Waals surface area contributed by atoms with E-state index in [1.54, 1.807) is 36.4 Å². The highest BCUT2D eigenvalue weighted by Crippen LogP contribution is 2.39. The minimum atomic E-state index is -0.535. The van der Waals surface area contributed by atoms with Crippen molar-refractivity contribution in [3.8, 4) is 23.0 Å². The number of carbonyl (C=O) groups is 3. The first-order chi connectivity index (χ1) is 16.9. The minimum Gasteiger partial charge on any atom is -0.493 e. The van der Waals surface area contributed by atoms with Gasteiger partial charge in [-0.15, -0.1) is 0 Å². The molecule has 0 bridgehead atoms. The quantitative estimate of drug-likeness (QED) is 0.287. The van der Waals surface area contributed by atoms with Crippen LogP contribution in [0, 0.1) is 0 Å². The summed E-state index contributed by atoms with van der Waals surface area (Å²) in [6.07, 6.45) is 1.60. The van der Waals surface area contributed by atoms with Crippen molar-refractivity contribution in [2.24, 2.45) is 0 Å². The Labute approximate surface area is 215 Å². The van der Waals surface area contributed by atoms with Crippen molar-refractivity contribution in [3.05, 3.63) is 51.3 Å². The van der Waals surface area contributed by atoms with E-state index >= 15 is 0 Å². The fourth-order valence-electron chi connectivity index (χ4n) is 3.09. The van der Waals surface area contributed by atoms with Crippen LogP contribution >= 0.6 is 27.7 Å². The Morgan fingerprint density at radius 1 is 1.06 bits per heavy atom. The van der Waals surface area contributed by atoms with Gasteiger partial charge in [0.2, 0.25) is 0 Å². The molecule has 0 saturated carbocycles. The molecule has 1 fully saturated rings. The smallest absolute Gasteiger partial charge is 0.343 e. The van der Waals surface area contributed by atoms with Gasteiger partial charge in [-0.3, -0.25) is 14.5 Å².